The van der Waals surface area contributed by atoms with Gasteiger partial charge in [-0.3, -0.25) is 4.24 Å². The van der Waals surface area contributed by atoms with Gasteiger partial charge in [0, 0.05) is 22.9 Å². The molecule has 2 aromatic rings. The average Bonchev–Trinajstić information content (AvgIpc) is 2.55. The molecule has 2 aliphatic rings. The molecule has 3 heteroatoms. The maximum Gasteiger partial charge on any atom is 0.387 e. The predicted molar refractivity (Wildman–Crippen MR) is 100 cm³/mol. The lowest BCUT2D eigenvalue weighted by Crippen LogP contribution is -2.58. The fraction of sp³-hybridized carbons (Fsp3) is 0.421. The number of hydrogen-bond donors (Lipinski definition) is 0. The molecule has 0 N–H and O–H groups in total. The summed E-state index contributed by atoms with van der Waals surface area (Å²) < 4.78 is 2.84. The first-order chi connectivity index (χ1) is 10.7. The van der Waals surface area contributed by atoms with Crippen LogP contribution in [-0.2, 0) is 0 Å². The van der Waals surface area contributed by atoms with Gasteiger partial charge in [0.1, 0.15) is 5.71 Å². The third kappa shape index (κ3) is 2.26. The molecule has 1 fully saturated rings. The van der Waals surface area contributed by atoms with Crippen molar-refractivity contribution in [1.82, 2.24) is 0 Å². The van der Waals surface area contributed by atoms with Gasteiger partial charge in [0.05, 0.1) is 0 Å². The fourth-order valence-electron chi connectivity index (χ4n) is 4.15. The lowest BCUT2D eigenvalue weighted by atomic mass is 9.99. The second-order valence-electron chi connectivity index (χ2n) is 7.05. The second-order valence-corrected chi connectivity index (χ2v) is 12.2. The van der Waals surface area contributed by atoms with Crippen LogP contribution in [0.5, 0.6) is 0 Å². The van der Waals surface area contributed by atoms with Gasteiger partial charge in [-0.15, -0.1) is 0 Å². The minimum atomic E-state index is -1.62. The summed E-state index contributed by atoms with van der Waals surface area (Å²) >= 11 is 2.05. The maximum absolute atomic E-state index is 2.84. The molecule has 0 spiro atoms. The zero-order valence-corrected chi connectivity index (χ0v) is 15.4. The molecule has 22 heavy (non-hydrogen) atoms. The van der Waals surface area contributed by atoms with Gasteiger partial charge in [0.25, 0.3) is 0 Å². The Morgan fingerprint density at radius 1 is 0.955 bits per heavy atom. The van der Waals surface area contributed by atoms with Crippen LogP contribution in [0.15, 0.2) is 41.3 Å². The molecule has 1 saturated carbocycles. The summed E-state index contributed by atoms with van der Waals surface area (Å²) in [4.78, 5) is 1.53. The number of fused-ring (bicyclic) bond motifs is 3. The molecule has 2 aromatic carbocycles. The van der Waals surface area contributed by atoms with E-state index in [9.17, 15) is 0 Å². The predicted octanol–water partition coefficient (Wildman–Crippen LogP) is 4.73. The van der Waals surface area contributed by atoms with Crippen molar-refractivity contribution in [2.45, 2.75) is 50.1 Å². The minimum absolute atomic E-state index is 1.17. The third-order valence-electron chi connectivity index (χ3n) is 5.34. The van der Waals surface area contributed by atoms with Crippen molar-refractivity contribution in [2.75, 3.05) is 5.88 Å². The SMILES string of the molecule is C[Si]1(C)c2c(ccc3ccccc23)SC[N+]1=C1CCCCC1. The zero-order valence-electron chi connectivity index (χ0n) is 13.6. The highest BCUT2D eigenvalue weighted by Gasteiger charge is 2.46. The Balaban J connectivity index is 1.93. The summed E-state index contributed by atoms with van der Waals surface area (Å²) in [7, 11) is -1.62. The van der Waals surface area contributed by atoms with E-state index in [0.717, 1.165) is 0 Å². The first kappa shape index (κ1) is 14.5. The van der Waals surface area contributed by atoms with Crippen LogP contribution in [0.2, 0.25) is 13.1 Å². The summed E-state index contributed by atoms with van der Waals surface area (Å²) in [6.45, 7) is 5.11. The number of rotatable bonds is 0. The number of hydrogen-bond acceptors (Lipinski definition) is 1. The van der Waals surface area contributed by atoms with Crippen LogP contribution in [0, 0.1) is 0 Å². The van der Waals surface area contributed by atoms with E-state index in [0.29, 0.717) is 0 Å². The quantitative estimate of drug-likeness (QED) is 0.632. The molecule has 0 unspecified atom stereocenters. The van der Waals surface area contributed by atoms with Crippen molar-refractivity contribution in [3.63, 3.8) is 0 Å². The second kappa shape index (κ2) is 5.54. The Kier molecular flexibility index (Phi) is 3.65. The summed E-state index contributed by atoms with van der Waals surface area (Å²) in [6.07, 6.45) is 6.87. The van der Waals surface area contributed by atoms with E-state index in [1.54, 1.807) is 10.9 Å². The summed E-state index contributed by atoms with van der Waals surface area (Å²) in [6, 6.07) is 13.6. The molecule has 1 aliphatic heterocycles. The van der Waals surface area contributed by atoms with Gasteiger partial charge in [-0.25, -0.2) is 0 Å². The van der Waals surface area contributed by atoms with Crippen molar-refractivity contribution in [1.29, 1.82) is 0 Å². The average molecular weight is 327 g/mol. The lowest BCUT2D eigenvalue weighted by molar-refractivity contribution is -0.375. The summed E-state index contributed by atoms with van der Waals surface area (Å²) in [5, 5.41) is 4.56. The first-order valence-electron chi connectivity index (χ1n) is 8.45. The number of nitrogens with zero attached hydrogens (tertiary/aromatic N) is 1. The van der Waals surface area contributed by atoms with Gasteiger partial charge in [0.2, 0.25) is 0 Å². The Labute approximate surface area is 138 Å². The van der Waals surface area contributed by atoms with Gasteiger partial charge in [-0.2, -0.15) is 0 Å². The normalized spacial score (nSPS) is 21.0. The highest BCUT2D eigenvalue weighted by molar-refractivity contribution is 7.99. The van der Waals surface area contributed by atoms with E-state index in [4.69, 9.17) is 0 Å². The molecule has 1 nitrogen and oxygen atoms in total. The van der Waals surface area contributed by atoms with Gasteiger partial charge in [-0.1, -0.05) is 48.5 Å². The van der Waals surface area contributed by atoms with Crippen molar-refractivity contribution in [3.05, 3.63) is 36.4 Å². The van der Waals surface area contributed by atoms with Gasteiger partial charge < -0.3 is 0 Å². The lowest BCUT2D eigenvalue weighted by Gasteiger charge is -2.31. The Bertz CT molecular complexity index is 755. The standard InChI is InChI=1S/C19H24NSSi/c1-22(2)19-17-11-7-6-8-15(17)12-13-18(19)21-14-20(22)16-9-4-3-5-10-16/h6-8,11-13H,3-5,9-10,14H2,1-2H3/q+1. The Morgan fingerprint density at radius 2 is 1.73 bits per heavy atom. The van der Waals surface area contributed by atoms with Crippen LogP contribution in [0.25, 0.3) is 10.8 Å². The van der Waals surface area contributed by atoms with Crippen molar-refractivity contribution in [3.8, 4) is 0 Å². The fourth-order valence-corrected chi connectivity index (χ4v) is 10.3. The Morgan fingerprint density at radius 3 is 2.55 bits per heavy atom. The molecule has 0 amide bonds. The van der Waals surface area contributed by atoms with Crippen LogP contribution in [0.3, 0.4) is 0 Å². The molecule has 0 atom stereocenters. The van der Waals surface area contributed by atoms with E-state index in [-0.39, 0.29) is 0 Å². The van der Waals surface area contributed by atoms with Crippen molar-refractivity contribution >= 4 is 41.7 Å². The van der Waals surface area contributed by atoms with Crippen LogP contribution < -0.4 is 5.19 Å². The maximum atomic E-state index is 2.84. The molecule has 4 rings (SSSR count). The topological polar surface area (TPSA) is 3.01 Å². The Hall–Kier alpha value is -1.06. The highest BCUT2D eigenvalue weighted by Crippen LogP contribution is 2.32. The van der Waals surface area contributed by atoms with Gasteiger partial charge in [-0.05, 0) is 42.8 Å². The zero-order chi connectivity index (χ0) is 15.2. The number of benzene rings is 2. The van der Waals surface area contributed by atoms with E-state index in [1.807, 2.05) is 11.8 Å². The van der Waals surface area contributed by atoms with Crippen LogP contribution in [0.4, 0.5) is 0 Å². The molecule has 1 heterocycles. The van der Waals surface area contributed by atoms with E-state index in [1.165, 1.54) is 53.6 Å². The van der Waals surface area contributed by atoms with Crippen LogP contribution >= 0.6 is 11.8 Å². The molecular formula is C19H24NSSi+. The van der Waals surface area contributed by atoms with Gasteiger partial charge >= 0.3 is 8.24 Å². The molecular weight excluding hydrogens is 302 g/mol. The van der Waals surface area contributed by atoms with Gasteiger partial charge in [0.15, 0.2) is 5.88 Å². The molecule has 0 aromatic heterocycles. The van der Waals surface area contributed by atoms with E-state index >= 15 is 0 Å². The summed E-state index contributed by atoms with van der Waals surface area (Å²) in [5.41, 5.74) is 1.74. The molecule has 1 aliphatic carbocycles. The number of thioether (sulfide) groups is 1. The molecule has 114 valence electrons. The van der Waals surface area contributed by atoms with Crippen molar-refractivity contribution in [2.24, 2.45) is 0 Å². The van der Waals surface area contributed by atoms with Crippen molar-refractivity contribution < 1.29 is 4.24 Å². The first-order valence-corrected chi connectivity index (χ1v) is 12.4. The summed E-state index contributed by atoms with van der Waals surface area (Å²) in [5.74, 6) is 1.17. The van der Waals surface area contributed by atoms with E-state index < -0.39 is 8.24 Å². The largest absolute Gasteiger partial charge is 0.387 e. The monoisotopic (exact) mass is 326 g/mol. The molecule has 0 saturated heterocycles. The van der Waals surface area contributed by atoms with Crippen LogP contribution in [-0.4, -0.2) is 24.1 Å². The van der Waals surface area contributed by atoms with Crippen LogP contribution in [0.1, 0.15) is 32.1 Å². The molecule has 0 bridgehead atoms. The highest BCUT2D eigenvalue weighted by atomic mass is 32.2. The minimum Gasteiger partial charge on any atom is -0.298 e. The van der Waals surface area contributed by atoms with E-state index in [2.05, 4.69) is 53.7 Å². The third-order valence-corrected chi connectivity index (χ3v) is 10.4. The smallest absolute Gasteiger partial charge is 0.298 e. The molecule has 0 radical (unpaired) electrons.